The lowest BCUT2D eigenvalue weighted by atomic mass is 10.1. The Hall–Kier alpha value is -2.28. The minimum Gasteiger partial charge on any atom is -0.477 e. The number of carbonyl (C=O) groups is 1. The van der Waals surface area contributed by atoms with Gasteiger partial charge in [-0.15, -0.1) is 0 Å². The molecule has 19 heavy (non-hydrogen) atoms. The minimum absolute atomic E-state index is 0.0489. The number of aromatic nitrogens is 2. The van der Waals surface area contributed by atoms with Crippen molar-refractivity contribution in [3.05, 3.63) is 47.1 Å². The number of fused-ring (bicyclic) bond motifs is 1. The number of hydrogen-bond donors (Lipinski definition) is 1. The van der Waals surface area contributed by atoms with Crippen molar-refractivity contribution in [1.29, 1.82) is 0 Å². The highest BCUT2D eigenvalue weighted by Gasteiger charge is 2.14. The third-order valence-electron chi connectivity index (χ3n) is 2.57. The fraction of sp³-hybridized carbons (Fsp3) is 0. The largest absolute Gasteiger partial charge is 0.477 e. The Balaban J connectivity index is 2.13. The molecule has 0 unspecified atom stereocenters. The van der Waals surface area contributed by atoms with Gasteiger partial charge in [-0.3, -0.25) is 4.40 Å². The van der Waals surface area contributed by atoms with Crippen molar-refractivity contribution in [3.63, 3.8) is 0 Å². The van der Waals surface area contributed by atoms with E-state index < -0.39 is 17.6 Å². The zero-order valence-electron chi connectivity index (χ0n) is 9.30. The van der Waals surface area contributed by atoms with E-state index in [0.29, 0.717) is 4.96 Å². The number of halogens is 2. The molecule has 0 aliphatic heterocycles. The van der Waals surface area contributed by atoms with Crippen molar-refractivity contribution in [2.24, 2.45) is 0 Å². The molecule has 96 valence electrons. The van der Waals surface area contributed by atoms with Crippen LogP contribution in [0.15, 0.2) is 30.6 Å². The molecule has 0 spiro atoms. The zero-order valence-corrected chi connectivity index (χ0v) is 10.1. The highest BCUT2D eigenvalue weighted by molar-refractivity contribution is 7.18. The molecule has 0 atom stereocenters. The number of carboxylic acid groups (broad SMARTS) is 1. The molecule has 3 rings (SSSR count). The molecule has 0 aliphatic rings. The fourth-order valence-corrected chi connectivity index (χ4v) is 2.52. The van der Waals surface area contributed by atoms with Crippen LogP contribution in [-0.4, -0.2) is 20.5 Å². The molecule has 2 aromatic heterocycles. The molecule has 1 aromatic carbocycles. The van der Waals surface area contributed by atoms with Crippen molar-refractivity contribution in [2.75, 3.05) is 0 Å². The second kappa shape index (κ2) is 4.13. The van der Waals surface area contributed by atoms with E-state index >= 15 is 0 Å². The summed E-state index contributed by atoms with van der Waals surface area (Å²) >= 11 is 0.967. The highest BCUT2D eigenvalue weighted by atomic mass is 32.1. The van der Waals surface area contributed by atoms with Gasteiger partial charge in [-0.25, -0.2) is 18.6 Å². The van der Waals surface area contributed by atoms with Gasteiger partial charge in [-0.05, 0) is 18.2 Å². The monoisotopic (exact) mass is 280 g/mol. The number of rotatable bonds is 2. The van der Waals surface area contributed by atoms with Gasteiger partial charge >= 0.3 is 5.97 Å². The summed E-state index contributed by atoms with van der Waals surface area (Å²) in [5, 5.41) is 8.83. The standard InChI is InChI=1S/C12H6F2N2O2S/c13-6-1-2-8(14)7(3-6)9-4-16-5-10(11(17)18)19-12(16)15-9/h1-5H,(H,17,18). The van der Waals surface area contributed by atoms with Gasteiger partial charge in [-0.2, -0.15) is 0 Å². The molecule has 7 heteroatoms. The lowest BCUT2D eigenvalue weighted by molar-refractivity contribution is 0.0702. The average molecular weight is 280 g/mol. The van der Waals surface area contributed by atoms with Gasteiger partial charge in [0.25, 0.3) is 0 Å². The van der Waals surface area contributed by atoms with E-state index in [1.54, 1.807) is 0 Å². The van der Waals surface area contributed by atoms with Gasteiger partial charge in [-0.1, -0.05) is 11.3 Å². The first-order valence-corrected chi connectivity index (χ1v) is 6.03. The Bertz CT molecular complexity index is 763. The van der Waals surface area contributed by atoms with Crippen LogP contribution in [0.3, 0.4) is 0 Å². The van der Waals surface area contributed by atoms with Gasteiger partial charge in [0, 0.05) is 18.0 Å². The van der Waals surface area contributed by atoms with E-state index in [9.17, 15) is 13.6 Å². The van der Waals surface area contributed by atoms with Crippen LogP contribution in [-0.2, 0) is 0 Å². The van der Waals surface area contributed by atoms with Crippen LogP contribution < -0.4 is 0 Å². The van der Waals surface area contributed by atoms with Crippen molar-refractivity contribution in [3.8, 4) is 11.3 Å². The number of carboxylic acids is 1. The van der Waals surface area contributed by atoms with E-state index in [1.165, 1.54) is 16.8 Å². The third kappa shape index (κ3) is 1.97. The van der Waals surface area contributed by atoms with Crippen LogP contribution in [0.2, 0.25) is 0 Å². The normalized spacial score (nSPS) is 11.1. The van der Waals surface area contributed by atoms with Crippen LogP contribution in [0.1, 0.15) is 9.67 Å². The number of aromatic carboxylic acids is 1. The number of imidazole rings is 1. The molecule has 3 aromatic rings. The Morgan fingerprint density at radius 3 is 2.79 bits per heavy atom. The molecular formula is C12H6F2N2O2S. The molecular weight excluding hydrogens is 274 g/mol. The topological polar surface area (TPSA) is 54.6 Å². The first kappa shape index (κ1) is 11.8. The summed E-state index contributed by atoms with van der Waals surface area (Å²) in [5.41, 5.74) is 0.313. The van der Waals surface area contributed by atoms with Gasteiger partial charge in [0.2, 0.25) is 0 Å². The number of nitrogens with zero attached hydrogens (tertiary/aromatic N) is 2. The van der Waals surface area contributed by atoms with E-state index in [4.69, 9.17) is 5.11 Å². The fourth-order valence-electron chi connectivity index (χ4n) is 1.72. The SMILES string of the molecule is O=C(O)c1cn2cc(-c3cc(F)ccc3F)nc2s1. The molecule has 0 fully saturated rings. The molecule has 0 bridgehead atoms. The van der Waals surface area contributed by atoms with Crippen LogP contribution in [0.4, 0.5) is 8.78 Å². The lowest BCUT2D eigenvalue weighted by Gasteiger charge is -1.98. The average Bonchev–Trinajstić information content (AvgIpc) is 2.89. The Morgan fingerprint density at radius 1 is 1.32 bits per heavy atom. The van der Waals surface area contributed by atoms with Crippen molar-refractivity contribution >= 4 is 22.3 Å². The van der Waals surface area contributed by atoms with Gasteiger partial charge in [0.1, 0.15) is 16.5 Å². The van der Waals surface area contributed by atoms with Crippen LogP contribution in [0.5, 0.6) is 0 Å². The molecule has 4 nitrogen and oxygen atoms in total. The Labute approximate surface area is 109 Å². The summed E-state index contributed by atoms with van der Waals surface area (Å²) in [6.07, 6.45) is 2.85. The molecule has 0 aliphatic carbocycles. The minimum atomic E-state index is -1.05. The predicted octanol–water partition coefficient (Wildman–Crippen LogP) is 3.04. The van der Waals surface area contributed by atoms with Gasteiger partial charge in [0.15, 0.2) is 4.96 Å². The summed E-state index contributed by atoms with van der Waals surface area (Å²) < 4.78 is 28.2. The first-order chi connectivity index (χ1) is 9.04. The second-order valence-electron chi connectivity index (χ2n) is 3.84. The Morgan fingerprint density at radius 2 is 2.11 bits per heavy atom. The lowest BCUT2D eigenvalue weighted by Crippen LogP contribution is -1.91. The molecule has 0 amide bonds. The molecule has 0 radical (unpaired) electrons. The maximum atomic E-state index is 13.6. The van der Waals surface area contributed by atoms with Crippen LogP contribution in [0, 0.1) is 11.6 Å². The molecule has 0 saturated heterocycles. The van der Waals surface area contributed by atoms with Crippen molar-refractivity contribution < 1.29 is 18.7 Å². The van der Waals surface area contributed by atoms with Crippen molar-refractivity contribution in [2.45, 2.75) is 0 Å². The maximum Gasteiger partial charge on any atom is 0.347 e. The van der Waals surface area contributed by atoms with Gasteiger partial charge in [0.05, 0.1) is 5.69 Å². The maximum absolute atomic E-state index is 13.6. The number of hydrogen-bond acceptors (Lipinski definition) is 3. The van der Waals surface area contributed by atoms with Crippen LogP contribution >= 0.6 is 11.3 Å². The van der Waals surface area contributed by atoms with E-state index in [2.05, 4.69) is 4.98 Å². The van der Waals surface area contributed by atoms with Crippen molar-refractivity contribution in [1.82, 2.24) is 9.38 Å². The smallest absolute Gasteiger partial charge is 0.347 e. The number of benzene rings is 1. The predicted molar refractivity (Wildman–Crippen MR) is 65.4 cm³/mol. The molecule has 2 heterocycles. The summed E-state index contributed by atoms with van der Waals surface area (Å²) in [7, 11) is 0. The Kier molecular flexibility index (Phi) is 2.56. The molecule has 0 saturated carbocycles. The van der Waals surface area contributed by atoms with E-state index in [0.717, 1.165) is 29.5 Å². The second-order valence-corrected chi connectivity index (χ2v) is 4.85. The van der Waals surface area contributed by atoms with Crippen LogP contribution in [0.25, 0.3) is 16.2 Å². The van der Waals surface area contributed by atoms with E-state index in [1.807, 2.05) is 0 Å². The summed E-state index contributed by atoms with van der Waals surface area (Å²) in [5.74, 6) is -2.18. The summed E-state index contributed by atoms with van der Waals surface area (Å²) in [4.78, 5) is 15.4. The summed E-state index contributed by atoms with van der Waals surface area (Å²) in [6.45, 7) is 0. The quantitative estimate of drug-likeness (QED) is 0.785. The summed E-state index contributed by atoms with van der Waals surface area (Å²) in [6, 6.07) is 3.11. The third-order valence-corrected chi connectivity index (χ3v) is 3.56. The zero-order chi connectivity index (χ0) is 13.6. The molecule has 1 N–H and O–H groups in total. The number of thiazole rings is 1. The first-order valence-electron chi connectivity index (χ1n) is 5.22. The van der Waals surface area contributed by atoms with E-state index in [-0.39, 0.29) is 16.1 Å². The highest BCUT2D eigenvalue weighted by Crippen LogP contribution is 2.26. The van der Waals surface area contributed by atoms with Gasteiger partial charge < -0.3 is 5.11 Å².